The molecule has 2 heterocycles. The molecule has 2 saturated heterocycles. The Morgan fingerprint density at radius 2 is 2.10 bits per heavy atom. The summed E-state index contributed by atoms with van der Waals surface area (Å²) in [6, 6.07) is 4.83. The van der Waals surface area contributed by atoms with Crippen molar-refractivity contribution in [1.29, 1.82) is 0 Å². The maximum Gasteiger partial charge on any atom is 0.335 e. The van der Waals surface area contributed by atoms with Gasteiger partial charge in [0.1, 0.15) is 0 Å². The number of piperidine rings is 1. The van der Waals surface area contributed by atoms with Gasteiger partial charge in [-0.3, -0.25) is 0 Å². The molecule has 2 aliphatic rings. The summed E-state index contributed by atoms with van der Waals surface area (Å²) in [6.45, 7) is 2.75. The Kier molecular flexibility index (Phi) is 3.27. The first kappa shape index (κ1) is 13.2. The summed E-state index contributed by atoms with van der Waals surface area (Å²) in [4.78, 5) is 13.0. The van der Waals surface area contributed by atoms with Gasteiger partial charge in [-0.25, -0.2) is 4.79 Å². The summed E-state index contributed by atoms with van der Waals surface area (Å²) < 4.78 is 11.5. The number of nitrogen functional groups attached to an aromatic ring is 1. The van der Waals surface area contributed by atoms with E-state index in [4.69, 9.17) is 20.3 Å². The van der Waals surface area contributed by atoms with Crippen LogP contribution in [0, 0.1) is 0 Å². The van der Waals surface area contributed by atoms with Gasteiger partial charge >= 0.3 is 5.97 Å². The second-order valence-corrected chi connectivity index (χ2v) is 5.21. The number of ether oxygens (including phenoxy) is 2. The molecule has 0 bridgehead atoms. The van der Waals surface area contributed by atoms with Crippen LogP contribution in [0.2, 0.25) is 0 Å². The molecule has 108 valence electrons. The first-order valence-electron chi connectivity index (χ1n) is 6.75. The van der Waals surface area contributed by atoms with Crippen LogP contribution < -0.4 is 10.6 Å². The van der Waals surface area contributed by atoms with E-state index in [1.807, 2.05) is 0 Å². The van der Waals surface area contributed by atoms with Crippen molar-refractivity contribution in [2.75, 3.05) is 36.9 Å². The number of rotatable bonds is 2. The molecular weight excluding hydrogens is 260 g/mol. The average molecular weight is 278 g/mol. The fourth-order valence-corrected chi connectivity index (χ4v) is 2.90. The van der Waals surface area contributed by atoms with Crippen LogP contribution in [-0.2, 0) is 9.47 Å². The summed E-state index contributed by atoms with van der Waals surface area (Å²) in [6.07, 6.45) is 1.84. The molecule has 1 aromatic carbocycles. The Morgan fingerprint density at radius 1 is 1.35 bits per heavy atom. The number of hydrogen-bond acceptors (Lipinski definition) is 5. The molecule has 6 nitrogen and oxygen atoms in total. The molecule has 0 unspecified atom stereocenters. The van der Waals surface area contributed by atoms with Crippen LogP contribution in [0.25, 0.3) is 0 Å². The molecule has 0 atom stereocenters. The zero-order valence-corrected chi connectivity index (χ0v) is 11.2. The van der Waals surface area contributed by atoms with Gasteiger partial charge in [0.05, 0.1) is 36.7 Å². The van der Waals surface area contributed by atoms with Crippen molar-refractivity contribution >= 4 is 17.3 Å². The van der Waals surface area contributed by atoms with Crippen LogP contribution >= 0.6 is 0 Å². The molecule has 3 N–H and O–H groups in total. The number of hydrogen-bond donors (Lipinski definition) is 2. The van der Waals surface area contributed by atoms with Gasteiger partial charge in [-0.15, -0.1) is 0 Å². The molecule has 0 aromatic heterocycles. The minimum atomic E-state index is -0.971. The van der Waals surface area contributed by atoms with E-state index in [0.717, 1.165) is 25.1 Å². The molecular formula is C14H18N2O4. The van der Waals surface area contributed by atoms with E-state index in [1.165, 1.54) is 6.07 Å². The smallest absolute Gasteiger partial charge is 0.335 e. The molecule has 0 aliphatic carbocycles. The van der Waals surface area contributed by atoms with Crippen molar-refractivity contribution in [3.8, 4) is 0 Å². The lowest BCUT2D eigenvalue weighted by Gasteiger charge is -2.40. The monoisotopic (exact) mass is 278 g/mol. The molecule has 3 rings (SSSR count). The van der Waals surface area contributed by atoms with Crippen molar-refractivity contribution in [2.45, 2.75) is 18.6 Å². The van der Waals surface area contributed by atoms with Gasteiger partial charge in [-0.2, -0.15) is 0 Å². The number of carboxylic acid groups (broad SMARTS) is 1. The van der Waals surface area contributed by atoms with Gasteiger partial charge in [0.15, 0.2) is 5.79 Å². The molecule has 1 spiro atoms. The highest BCUT2D eigenvalue weighted by Gasteiger charge is 2.41. The van der Waals surface area contributed by atoms with Crippen LogP contribution in [-0.4, -0.2) is 43.2 Å². The normalized spacial score (nSPS) is 21.3. The summed E-state index contributed by atoms with van der Waals surface area (Å²) in [5.74, 6) is -1.49. The standard InChI is InChI=1S/C14H18N2O4/c15-11-8-10(13(17)18)2-3-12(11)16-5-1-4-14(9-16)19-6-7-20-14/h2-3,8H,1,4-7,9,15H2,(H,17,18). The predicted molar refractivity (Wildman–Crippen MR) is 73.9 cm³/mol. The van der Waals surface area contributed by atoms with Crippen molar-refractivity contribution in [3.05, 3.63) is 23.8 Å². The second-order valence-electron chi connectivity index (χ2n) is 5.21. The molecule has 0 amide bonds. The molecule has 0 saturated carbocycles. The van der Waals surface area contributed by atoms with Gasteiger partial charge in [0, 0.05) is 13.0 Å². The van der Waals surface area contributed by atoms with Crippen molar-refractivity contribution < 1.29 is 19.4 Å². The van der Waals surface area contributed by atoms with Gasteiger partial charge in [-0.1, -0.05) is 0 Å². The number of benzene rings is 1. The van der Waals surface area contributed by atoms with Crippen LogP contribution in [0.3, 0.4) is 0 Å². The Hall–Kier alpha value is -1.79. The lowest BCUT2D eigenvalue weighted by Crippen LogP contribution is -2.49. The lowest BCUT2D eigenvalue weighted by molar-refractivity contribution is -0.161. The van der Waals surface area contributed by atoms with Crippen LogP contribution in [0.1, 0.15) is 23.2 Å². The Morgan fingerprint density at radius 3 is 2.75 bits per heavy atom. The summed E-state index contributed by atoms with van der Waals surface area (Å²) in [5, 5.41) is 8.97. The number of carbonyl (C=O) groups is 1. The lowest BCUT2D eigenvalue weighted by atomic mass is 10.0. The summed E-state index contributed by atoms with van der Waals surface area (Å²) in [7, 11) is 0. The Labute approximate surface area is 117 Å². The summed E-state index contributed by atoms with van der Waals surface area (Å²) in [5.41, 5.74) is 7.50. The van der Waals surface area contributed by atoms with Crippen molar-refractivity contribution in [1.82, 2.24) is 0 Å². The minimum absolute atomic E-state index is 0.200. The van der Waals surface area contributed by atoms with E-state index in [1.54, 1.807) is 12.1 Å². The maximum atomic E-state index is 10.9. The summed E-state index contributed by atoms with van der Waals surface area (Å²) >= 11 is 0. The molecule has 20 heavy (non-hydrogen) atoms. The fourth-order valence-electron chi connectivity index (χ4n) is 2.90. The van der Waals surface area contributed by atoms with Gasteiger partial charge in [0.25, 0.3) is 0 Å². The first-order valence-corrected chi connectivity index (χ1v) is 6.75. The predicted octanol–water partition coefficient (Wildman–Crippen LogP) is 1.31. The average Bonchev–Trinajstić information content (AvgIpc) is 2.86. The Balaban J connectivity index is 1.83. The zero-order chi connectivity index (χ0) is 14.2. The number of nitrogens with two attached hydrogens (primary N) is 1. The number of nitrogens with zero attached hydrogens (tertiary/aromatic N) is 1. The Bertz CT molecular complexity index is 526. The highest BCUT2D eigenvalue weighted by atomic mass is 16.7. The van der Waals surface area contributed by atoms with Gasteiger partial charge in [-0.05, 0) is 24.6 Å². The molecule has 2 fully saturated rings. The van der Waals surface area contributed by atoms with E-state index in [9.17, 15) is 4.79 Å². The first-order chi connectivity index (χ1) is 9.60. The van der Waals surface area contributed by atoms with Crippen LogP contribution in [0.4, 0.5) is 11.4 Å². The maximum absolute atomic E-state index is 10.9. The van der Waals surface area contributed by atoms with Crippen molar-refractivity contribution in [2.24, 2.45) is 0 Å². The molecule has 6 heteroatoms. The SMILES string of the molecule is Nc1cc(C(=O)O)ccc1N1CCCC2(C1)OCCO2. The van der Waals surface area contributed by atoms with E-state index in [-0.39, 0.29) is 5.56 Å². The highest BCUT2D eigenvalue weighted by Crippen LogP contribution is 2.34. The van der Waals surface area contributed by atoms with E-state index in [2.05, 4.69) is 4.90 Å². The van der Waals surface area contributed by atoms with E-state index in [0.29, 0.717) is 25.4 Å². The highest BCUT2D eigenvalue weighted by molar-refractivity contribution is 5.90. The largest absolute Gasteiger partial charge is 0.478 e. The van der Waals surface area contributed by atoms with Gasteiger partial charge in [0.2, 0.25) is 0 Å². The molecule has 1 aromatic rings. The quantitative estimate of drug-likeness (QED) is 0.793. The van der Waals surface area contributed by atoms with Crippen LogP contribution in [0.5, 0.6) is 0 Å². The minimum Gasteiger partial charge on any atom is -0.478 e. The molecule has 0 radical (unpaired) electrons. The number of anilines is 2. The second kappa shape index (κ2) is 4.96. The van der Waals surface area contributed by atoms with Gasteiger partial charge < -0.3 is 25.2 Å². The third kappa shape index (κ3) is 2.32. The van der Waals surface area contributed by atoms with E-state index >= 15 is 0 Å². The number of aromatic carboxylic acids is 1. The topological polar surface area (TPSA) is 85.0 Å². The third-order valence-corrected chi connectivity index (χ3v) is 3.85. The third-order valence-electron chi connectivity index (χ3n) is 3.85. The van der Waals surface area contributed by atoms with Crippen molar-refractivity contribution in [3.63, 3.8) is 0 Å². The molecule has 2 aliphatic heterocycles. The number of carboxylic acids is 1. The van der Waals surface area contributed by atoms with E-state index < -0.39 is 11.8 Å². The fraction of sp³-hybridized carbons (Fsp3) is 0.500. The zero-order valence-electron chi connectivity index (χ0n) is 11.2. The van der Waals surface area contributed by atoms with Crippen LogP contribution in [0.15, 0.2) is 18.2 Å².